The first-order valence-corrected chi connectivity index (χ1v) is 9.88. The first-order valence-electron chi connectivity index (χ1n) is 9.48. The molecule has 6 nitrogen and oxygen atoms in total. The fraction of sp³-hybridized carbons (Fsp3) is 0.722. The maximum atomic E-state index is 5.38. The van der Waals surface area contributed by atoms with E-state index in [1.54, 1.807) is 0 Å². The van der Waals surface area contributed by atoms with Crippen molar-refractivity contribution in [3.8, 4) is 0 Å². The summed E-state index contributed by atoms with van der Waals surface area (Å²) in [6.45, 7) is 10.7. The van der Waals surface area contributed by atoms with E-state index in [-0.39, 0.29) is 6.04 Å². The van der Waals surface area contributed by atoms with Crippen molar-refractivity contribution in [1.82, 2.24) is 15.3 Å². The standard InChI is InChI=1S/C18H30N6S/c1-13(2)19-18(25)22-17-20-15(23-8-4-5-9-23)11-16(21-17)24-10-6-7-14(3)12-24/h11,13-14H,4-10,12H2,1-3H3,(H2,19,20,21,22,25)/t14-/m0/s1. The summed E-state index contributed by atoms with van der Waals surface area (Å²) in [6, 6.07) is 2.43. The molecule has 0 aromatic carbocycles. The van der Waals surface area contributed by atoms with Crippen molar-refractivity contribution < 1.29 is 0 Å². The van der Waals surface area contributed by atoms with E-state index in [1.807, 2.05) is 0 Å². The number of rotatable bonds is 4. The highest BCUT2D eigenvalue weighted by molar-refractivity contribution is 7.80. The van der Waals surface area contributed by atoms with Crippen LogP contribution in [-0.4, -0.2) is 47.3 Å². The van der Waals surface area contributed by atoms with Gasteiger partial charge in [-0.1, -0.05) is 6.92 Å². The van der Waals surface area contributed by atoms with Crippen molar-refractivity contribution in [3.05, 3.63) is 6.07 Å². The SMILES string of the molecule is CC(C)NC(=S)Nc1nc(N2CCCC2)cc(N2CCC[C@H](C)C2)n1. The van der Waals surface area contributed by atoms with E-state index in [2.05, 4.69) is 47.3 Å². The molecular weight excluding hydrogens is 332 g/mol. The molecule has 2 fully saturated rings. The Hall–Kier alpha value is -1.63. The third-order valence-corrected chi connectivity index (χ3v) is 4.98. The summed E-state index contributed by atoms with van der Waals surface area (Å²) in [4.78, 5) is 14.2. The normalized spacial score (nSPS) is 20.9. The Morgan fingerprint density at radius 3 is 2.40 bits per heavy atom. The minimum Gasteiger partial charge on any atom is -0.360 e. The van der Waals surface area contributed by atoms with E-state index in [1.165, 1.54) is 25.7 Å². The van der Waals surface area contributed by atoms with Crippen molar-refractivity contribution in [2.24, 2.45) is 5.92 Å². The van der Waals surface area contributed by atoms with Crippen LogP contribution in [0.15, 0.2) is 6.07 Å². The Bertz CT molecular complexity index is 599. The quantitative estimate of drug-likeness (QED) is 0.799. The second-order valence-corrected chi connectivity index (χ2v) is 7.96. The molecule has 7 heteroatoms. The molecule has 2 saturated heterocycles. The Labute approximate surface area is 156 Å². The summed E-state index contributed by atoms with van der Waals surface area (Å²) in [6.07, 6.45) is 4.99. The molecule has 1 atom stereocenters. The summed E-state index contributed by atoms with van der Waals surface area (Å²) in [7, 11) is 0. The molecule has 0 amide bonds. The van der Waals surface area contributed by atoms with Gasteiger partial charge in [0.1, 0.15) is 11.6 Å². The van der Waals surface area contributed by atoms with Crippen LogP contribution in [0.5, 0.6) is 0 Å². The van der Waals surface area contributed by atoms with Gasteiger partial charge in [-0.05, 0) is 57.7 Å². The van der Waals surface area contributed by atoms with Crippen LogP contribution in [0.3, 0.4) is 0 Å². The second-order valence-electron chi connectivity index (χ2n) is 7.55. The molecule has 3 heterocycles. The summed E-state index contributed by atoms with van der Waals surface area (Å²) in [5, 5.41) is 6.95. The van der Waals surface area contributed by atoms with Crippen LogP contribution < -0.4 is 20.4 Å². The maximum absolute atomic E-state index is 5.38. The lowest BCUT2D eigenvalue weighted by Gasteiger charge is -2.32. The minimum atomic E-state index is 0.282. The Morgan fingerprint density at radius 2 is 1.76 bits per heavy atom. The van der Waals surface area contributed by atoms with Crippen molar-refractivity contribution in [3.63, 3.8) is 0 Å². The Balaban J connectivity index is 1.84. The van der Waals surface area contributed by atoms with Gasteiger partial charge < -0.3 is 20.4 Å². The number of thiocarbonyl (C=S) groups is 1. The Kier molecular flexibility index (Phi) is 5.93. The highest BCUT2D eigenvalue weighted by atomic mass is 32.1. The average Bonchev–Trinajstić information content (AvgIpc) is 3.08. The molecular formula is C18H30N6S. The van der Waals surface area contributed by atoms with Gasteiger partial charge in [0.05, 0.1) is 0 Å². The highest BCUT2D eigenvalue weighted by Crippen LogP contribution is 2.27. The first-order chi connectivity index (χ1) is 12.0. The zero-order chi connectivity index (χ0) is 17.8. The van der Waals surface area contributed by atoms with Crippen LogP contribution in [0.4, 0.5) is 17.6 Å². The van der Waals surface area contributed by atoms with Gasteiger partial charge in [0.2, 0.25) is 5.95 Å². The minimum absolute atomic E-state index is 0.282. The lowest BCUT2D eigenvalue weighted by atomic mass is 10.0. The molecule has 2 aliphatic heterocycles. The smallest absolute Gasteiger partial charge is 0.232 e. The Morgan fingerprint density at radius 1 is 1.12 bits per heavy atom. The lowest BCUT2D eigenvalue weighted by Crippen LogP contribution is -2.36. The third kappa shape index (κ3) is 4.93. The average molecular weight is 363 g/mol. The number of nitrogens with zero attached hydrogens (tertiary/aromatic N) is 4. The molecule has 0 saturated carbocycles. The molecule has 2 aliphatic rings. The van der Waals surface area contributed by atoms with Crippen molar-refractivity contribution in [2.45, 2.75) is 52.5 Å². The zero-order valence-corrected chi connectivity index (χ0v) is 16.4. The van der Waals surface area contributed by atoms with Gasteiger partial charge in [-0.2, -0.15) is 9.97 Å². The van der Waals surface area contributed by atoms with Gasteiger partial charge in [0.15, 0.2) is 5.11 Å². The fourth-order valence-corrected chi connectivity index (χ4v) is 3.87. The predicted octanol–water partition coefficient (Wildman–Crippen LogP) is 3.01. The van der Waals surface area contributed by atoms with Crippen LogP contribution in [0, 0.1) is 5.92 Å². The van der Waals surface area contributed by atoms with Gasteiger partial charge in [-0.15, -0.1) is 0 Å². The third-order valence-electron chi connectivity index (χ3n) is 4.76. The van der Waals surface area contributed by atoms with E-state index < -0.39 is 0 Å². The van der Waals surface area contributed by atoms with E-state index in [0.29, 0.717) is 17.0 Å². The van der Waals surface area contributed by atoms with Crippen LogP contribution in [0.1, 0.15) is 46.5 Å². The first kappa shape index (κ1) is 18.2. The molecule has 1 aromatic rings. The topological polar surface area (TPSA) is 56.3 Å². The van der Waals surface area contributed by atoms with Gasteiger partial charge in [0, 0.05) is 38.3 Å². The summed E-state index contributed by atoms with van der Waals surface area (Å²) >= 11 is 5.38. The van der Waals surface area contributed by atoms with E-state index in [0.717, 1.165) is 37.8 Å². The van der Waals surface area contributed by atoms with E-state index >= 15 is 0 Å². The molecule has 25 heavy (non-hydrogen) atoms. The van der Waals surface area contributed by atoms with E-state index in [4.69, 9.17) is 22.2 Å². The number of piperidine rings is 1. The van der Waals surface area contributed by atoms with Gasteiger partial charge in [0.25, 0.3) is 0 Å². The summed E-state index contributed by atoms with van der Waals surface area (Å²) < 4.78 is 0. The fourth-order valence-electron chi connectivity index (χ4n) is 3.55. The molecule has 2 N–H and O–H groups in total. The van der Waals surface area contributed by atoms with Crippen LogP contribution in [-0.2, 0) is 0 Å². The van der Waals surface area contributed by atoms with Crippen molar-refractivity contribution in [2.75, 3.05) is 41.3 Å². The largest absolute Gasteiger partial charge is 0.360 e. The monoisotopic (exact) mass is 362 g/mol. The lowest BCUT2D eigenvalue weighted by molar-refractivity contribution is 0.444. The summed E-state index contributed by atoms with van der Waals surface area (Å²) in [5.74, 6) is 3.32. The van der Waals surface area contributed by atoms with Crippen molar-refractivity contribution in [1.29, 1.82) is 0 Å². The van der Waals surface area contributed by atoms with Crippen LogP contribution in [0.2, 0.25) is 0 Å². The molecule has 0 unspecified atom stereocenters. The number of hydrogen-bond donors (Lipinski definition) is 2. The molecule has 0 aliphatic carbocycles. The maximum Gasteiger partial charge on any atom is 0.232 e. The van der Waals surface area contributed by atoms with Crippen molar-refractivity contribution >= 4 is 34.9 Å². The number of nitrogens with one attached hydrogen (secondary N) is 2. The van der Waals surface area contributed by atoms with Gasteiger partial charge in [-0.25, -0.2) is 0 Å². The molecule has 0 bridgehead atoms. The van der Waals surface area contributed by atoms with E-state index in [9.17, 15) is 0 Å². The van der Waals surface area contributed by atoms with Gasteiger partial charge in [-0.3, -0.25) is 0 Å². The molecule has 0 spiro atoms. The second kappa shape index (κ2) is 8.17. The molecule has 138 valence electrons. The summed E-state index contributed by atoms with van der Waals surface area (Å²) in [5.41, 5.74) is 0. The van der Waals surface area contributed by atoms with Crippen LogP contribution >= 0.6 is 12.2 Å². The highest BCUT2D eigenvalue weighted by Gasteiger charge is 2.22. The molecule has 1 aromatic heterocycles. The zero-order valence-electron chi connectivity index (χ0n) is 15.6. The number of anilines is 3. The number of aromatic nitrogens is 2. The molecule has 3 rings (SSSR count). The number of hydrogen-bond acceptors (Lipinski definition) is 5. The predicted molar refractivity (Wildman–Crippen MR) is 109 cm³/mol. The van der Waals surface area contributed by atoms with Crippen LogP contribution in [0.25, 0.3) is 0 Å². The molecule has 0 radical (unpaired) electrons. The van der Waals surface area contributed by atoms with Gasteiger partial charge >= 0.3 is 0 Å².